The molecule has 2 N–H and O–H groups in total. The molecule has 0 unspecified atom stereocenters. The quantitative estimate of drug-likeness (QED) is 0.338. The zero-order chi connectivity index (χ0) is 26.9. The molecule has 5 rings (SSSR count). The lowest BCUT2D eigenvalue weighted by Gasteiger charge is -2.16. The maximum Gasteiger partial charge on any atom is 0.418 e. The summed E-state index contributed by atoms with van der Waals surface area (Å²) < 4.78 is 40.2. The number of hydrogen-bond acceptors (Lipinski definition) is 6. The monoisotopic (exact) mass is 523 g/mol. The van der Waals surface area contributed by atoms with E-state index in [2.05, 4.69) is 25.6 Å². The van der Waals surface area contributed by atoms with E-state index in [4.69, 9.17) is 0 Å². The highest BCUT2D eigenvalue weighted by Crippen LogP contribution is 2.49. The van der Waals surface area contributed by atoms with Crippen LogP contribution in [0.2, 0.25) is 0 Å². The van der Waals surface area contributed by atoms with Gasteiger partial charge >= 0.3 is 6.18 Å². The predicted molar refractivity (Wildman–Crippen MR) is 135 cm³/mol. The van der Waals surface area contributed by atoms with Crippen LogP contribution in [0.4, 0.5) is 24.5 Å². The summed E-state index contributed by atoms with van der Waals surface area (Å²) in [6.07, 6.45) is 4.63. The summed E-state index contributed by atoms with van der Waals surface area (Å²) in [6, 6.07) is 7.32. The molecule has 2 saturated carbocycles. The Morgan fingerprint density at radius 3 is 2.37 bits per heavy atom. The van der Waals surface area contributed by atoms with Crippen LogP contribution in [0.5, 0.6) is 0 Å². The van der Waals surface area contributed by atoms with Gasteiger partial charge in [0, 0.05) is 25.2 Å². The van der Waals surface area contributed by atoms with Crippen LogP contribution in [0.1, 0.15) is 65.1 Å². The fourth-order valence-electron chi connectivity index (χ4n) is 4.35. The van der Waals surface area contributed by atoms with Crippen molar-refractivity contribution in [2.75, 3.05) is 5.32 Å². The zero-order valence-corrected chi connectivity index (χ0v) is 20.9. The van der Waals surface area contributed by atoms with E-state index in [1.807, 2.05) is 0 Å². The number of ketones is 1. The molecule has 2 aromatic heterocycles. The van der Waals surface area contributed by atoms with Crippen LogP contribution in [0.25, 0.3) is 0 Å². The van der Waals surface area contributed by atoms with Crippen molar-refractivity contribution in [2.45, 2.75) is 58.2 Å². The average molecular weight is 524 g/mol. The van der Waals surface area contributed by atoms with Gasteiger partial charge in [-0.25, -0.2) is 9.97 Å². The van der Waals surface area contributed by atoms with Gasteiger partial charge in [-0.15, -0.1) is 0 Å². The number of Topliss-reactive ketones (excluding diaryl/α,β-unsaturated/α-hetero) is 1. The van der Waals surface area contributed by atoms with E-state index in [-0.39, 0.29) is 30.3 Å². The van der Waals surface area contributed by atoms with Crippen molar-refractivity contribution in [3.05, 3.63) is 77.1 Å². The number of carbonyl (C=O) groups is 2. The molecule has 0 atom stereocenters. The first kappa shape index (κ1) is 25.8. The molecule has 0 aliphatic heterocycles. The molecule has 2 heterocycles. The van der Waals surface area contributed by atoms with Crippen molar-refractivity contribution < 1.29 is 22.8 Å². The van der Waals surface area contributed by atoms with E-state index in [0.29, 0.717) is 41.3 Å². The van der Waals surface area contributed by atoms with Crippen LogP contribution in [0.3, 0.4) is 0 Å². The van der Waals surface area contributed by atoms with Crippen LogP contribution in [-0.2, 0) is 23.9 Å². The number of nitrogens with zero attached hydrogens (tertiary/aromatic N) is 3. The fraction of sp³-hybridized carbons (Fsp3) is 0.393. The molecule has 3 aromatic rings. The summed E-state index contributed by atoms with van der Waals surface area (Å²) >= 11 is 0. The summed E-state index contributed by atoms with van der Waals surface area (Å²) in [4.78, 5) is 38.5. The molecular weight excluding hydrogens is 495 g/mol. The molecule has 0 spiro atoms. The van der Waals surface area contributed by atoms with E-state index in [9.17, 15) is 22.8 Å². The molecule has 7 nitrogen and oxygen atoms in total. The SMILES string of the molecule is Cc1ccc(Nc2ccc(CNC(=O)C3(CC(=O)c4cnc(CC5CC5)nc4)CC3)nc2)c(C(F)(F)F)c1. The van der Waals surface area contributed by atoms with Gasteiger partial charge in [0.25, 0.3) is 0 Å². The van der Waals surface area contributed by atoms with Crippen molar-refractivity contribution >= 4 is 23.1 Å². The van der Waals surface area contributed by atoms with Crippen LogP contribution in [-0.4, -0.2) is 26.6 Å². The van der Waals surface area contributed by atoms with E-state index in [0.717, 1.165) is 18.3 Å². The number of benzene rings is 1. The number of carbonyl (C=O) groups excluding carboxylic acids is 2. The molecule has 1 aromatic carbocycles. The Labute approximate surface area is 218 Å². The summed E-state index contributed by atoms with van der Waals surface area (Å²) in [5.41, 5.74) is 0.320. The third-order valence-corrected chi connectivity index (χ3v) is 7.04. The van der Waals surface area contributed by atoms with Gasteiger partial charge in [-0.3, -0.25) is 14.6 Å². The van der Waals surface area contributed by atoms with E-state index < -0.39 is 17.2 Å². The van der Waals surface area contributed by atoms with Gasteiger partial charge in [-0.2, -0.15) is 13.2 Å². The second kappa shape index (κ2) is 10.2. The number of anilines is 2. The number of nitrogens with one attached hydrogen (secondary N) is 2. The van der Waals surface area contributed by atoms with Crippen LogP contribution >= 0.6 is 0 Å². The van der Waals surface area contributed by atoms with Crippen molar-refractivity contribution in [3.63, 3.8) is 0 Å². The first-order valence-corrected chi connectivity index (χ1v) is 12.6. The lowest BCUT2D eigenvalue weighted by Crippen LogP contribution is -2.33. The normalized spacial score (nSPS) is 16.1. The molecule has 10 heteroatoms. The average Bonchev–Trinajstić information content (AvgIpc) is 3.82. The molecule has 0 bridgehead atoms. The smallest absolute Gasteiger partial charge is 0.354 e. The highest BCUT2D eigenvalue weighted by Gasteiger charge is 2.51. The van der Waals surface area contributed by atoms with Crippen LogP contribution < -0.4 is 10.6 Å². The number of alkyl halides is 3. The largest absolute Gasteiger partial charge is 0.418 e. The Morgan fingerprint density at radius 2 is 1.76 bits per heavy atom. The van der Waals surface area contributed by atoms with Crippen LogP contribution in [0.15, 0.2) is 48.9 Å². The Balaban J connectivity index is 1.15. The molecular formula is C28H28F3N5O2. The van der Waals surface area contributed by atoms with Gasteiger partial charge in [0.1, 0.15) is 5.82 Å². The molecule has 38 heavy (non-hydrogen) atoms. The molecule has 198 valence electrons. The standard InChI is InChI=1S/C28H28F3N5O2/c1-17-2-7-23(22(10-17)28(29,30)31)36-21-6-5-20(32-16-21)15-35-26(38)27(8-9-27)12-24(37)19-13-33-25(34-14-19)11-18-3-4-18/h2,5-7,10,13-14,16,18,36H,3-4,8-9,11-12,15H2,1H3,(H,35,38). The molecule has 0 saturated heterocycles. The number of amides is 1. The molecule has 2 aliphatic carbocycles. The van der Waals surface area contributed by atoms with Crippen molar-refractivity contribution in [1.82, 2.24) is 20.3 Å². The number of pyridine rings is 1. The minimum Gasteiger partial charge on any atom is -0.354 e. The number of rotatable bonds is 10. The Kier molecular flexibility index (Phi) is 6.90. The second-order valence-corrected chi connectivity index (χ2v) is 10.3. The topological polar surface area (TPSA) is 96.9 Å². The summed E-state index contributed by atoms with van der Waals surface area (Å²) in [5.74, 6) is 1.04. The number of aryl methyl sites for hydroxylation is 1. The first-order chi connectivity index (χ1) is 18.1. The highest BCUT2D eigenvalue weighted by atomic mass is 19.4. The third kappa shape index (κ3) is 6.17. The summed E-state index contributed by atoms with van der Waals surface area (Å²) in [5, 5.41) is 5.61. The van der Waals surface area contributed by atoms with E-state index in [1.165, 1.54) is 25.1 Å². The van der Waals surface area contributed by atoms with E-state index in [1.54, 1.807) is 37.5 Å². The van der Waals surface area contributed by atoms with Gasteiger partial charge < -0.3 is 10.6 Å². The van der Waals surface area contributed by atoms with E-state index >= 15 is 0 Å². The number of aromatic nitrogens is 3. The number of hydrogen-bond donors (Lipinski definition) is 2. The Hall–Kier alpha value is -3.82. The second-order valence-electron chi connectivity index (χ2n) is 10.3. The third-order valence-electron chi connectivity index (χ3n) is 7.04. The summed E-state index contributed by atoms with van der Waals surface area (Å²) in [6.45, 7) is 1.75. The minimum absolute atomic E-state index is 0.0609. The fourth-order valence-corrected chi connectivity index (χ4v) is 4.35. The van der Waals surface area contributed by atoms with Crippen molar-refractivity contribution in [3.8, 4) is 0 Å². The van der Waals surface area contributed by atoms with Gasteiger partial charge in [-0.05, 0) is 62.8 Å². The van der Waals surface area contributed by atoms with Crippen molar-refractivity contribution in [1.29, 1.82) is 0 Å². The van der Waals surface area contributed by atoms with Gasteiger partial charge in [0.05, 0.1) is 46.4 Å². The number of halogens is 3. The maximum absolute atomic E-state index is 13.4. The predicted octanol–water partition coefficient (Wildman–Crippen LogP) is 5.56. The lowest BCUT2D eigenvalue weighted by atomic mass is 9.95. The minimum atomic E-state index is -4.49. The van der Waals surface area contributed by atoms with Crippen molar-refractivity contribution in [2.24, 2.45) is 11.3 Å². The summed E-state index contributed by atoms with van der Waals surface area (Å²) in [7, 11) is 0. The molecule has 1 amide bonds. The van der Waals surface area contributed by atoms with Crippen LogP contribution in [0, 0.1) is 18.3 Å². The molecule has 0 radical (unpaired) electrons. The Morgan fingerprint density at radius 1 is 1.03 bits per heavy atom. The van der Waals surface area contributed by atoms with Gasteiger partial charge in [-0.1, -0.05) is 11.6 Å². The highest BCUT2D eigenvalue weighted by molar-refractivity contribution is 6.00. The lowest BCUT2D eigenvalue weighted by molar-refractivity contribution is -0.137. The molecule has 2 fully saturated rings. The van der Waals surface area contributed by atoms with Gasteiger partial charge in [0.2, 0.25) is 5.91 Å². The maximum atomic E-state index is 13.4. The molecule has 2 aliphatic rings. The van der Waals surface area contributed by atoms with Gasteiger partial charge in [0.15, 0.2) is 5.78 Å². The Bertz CT molecular complexity index is 1330. The first-order valence-electron chi connectivity index (χ1n) is 12.6. The zero-order valence-electron chi connectivity index (χ0n) is 20.9.